The van der Waals surface area contributed by atoms with E-state index < -0.39 is 21.9 Å². The molecule has 0 aromatic heterocycles. The summed E-state index contributed by atoms with van der Waals surface area (Å²) in [5, 5.41) is 2.77. The SMILES string of the molecule is COC(=O)c1cc(Br)ccc1S(=O)(=O)Nc1ccccc1C(=O)NCC1CCCO1. The number of hydrogen-bond acceptors (Lipinski definition) is 6. The molecular formula is C20H21BrN2O6S. The maximum Gasteiger partial charge on any atom is 0.339 e. The standard InChI is InChI=1S/C20H21BrN2O6S/c1-28-20(25)16-11-13(21)8-9-18(16)30(26,27)23-17-7-3-2-6-15(17)19(24)22-12-14-5-4-10-29-14/h2-3,6-9,11,14,23H,4-5,10,12H2,1H3,(H,22,24). The number of ether oxygens (including phenoxy) is 2. The first-order valence-corrected chi connectivity index (χ1v) is 11.5. The molecule has 1 fully saturated rings. The number of methoxy groups -OCH3 is 1. The lowest BCUT2D eigenvalue weighted by Crippen LogP contribution is -2.32. The van der Waals surface area contributed by atoms with Crippen molar-refractivity contribution in [2.24, 2.45) is 0 Å². The Hall–Kier alpha value is -2.43. The van der Waals surface area contributed by atoms with Crippen molar-refractivity contribution in [1.29, 1.82) is 0 Å². The molecule has 1 amide bonds. The number of para-hydroxylation sites is 1. The van der Waals surface area contributed by atoms with E-state index in [-0.39, 0.29) is 27.8 Å². The second-order valence-corrected chi connectivity index (χ2v) is 9.19. The van der Waals surface area contributed by atoms with Gasteiger partial charge >= 0.3 is 5.97 Å². The first kappa shape index (κ1) is 22.3. The monoisotopic (exact) mass is 496 g/mol. The average molecular weight is 497 g/mol. The third-order valence-corrected chi connectivity index (χ3v) is 6.48. The van der Waals surface area contributed by atoms with Crippen molar-refractivity contribution in [3.8, 4) is 0 Å². The van der Waals surface area contributed by atoms with Gasteiger partial charge in [0.2, 0.25) is 0 Å². The molecule has 1 heterocycles. The quantitative estimate of drug-likeness (QED) is 0.570. The highest BCUT2D eigenvalue weighted by molar-refractivity contribution is 9.10. The second kappa shape index (κ2) is 9.59. The molecule has 2 aromatic rings. The fraction of sp³-hybridized carbons (Fsp3) is 0.300. The van der Waals surface area contributed by atoms with E-state index >= 15 is 0 Å². The summed E-state index contributed by atoms with van der Waals surface area (Å²) in [5.41, 5.74) is 0.136. The third-order valence-electron chi connectivity index (χ3n) is 4.57. The fourth-order valence-corrected chi connectivity index (χ4v) is 4.70. The van der Waals surface area contributed by atoms with Crippen LogP contribution in [0.25, 0.3) is 0 Å². The van der Waals surface area contributed by atoms with Gasteiger partial charge < -0.3 is 14.8 Å². The van der Waals surface area contributed by atoms with Crippen LogP contribution in [0.1, 0.15) is 33.6 Å². The molecule has 0 radical (unpaired) electrons. The summed E-state index contributed by atoms with van der Waals surface area (Å²) in [6, 6.07) is 10.4. The van der Waals surface area contributed by atoms with Crippen LogP contribution in [-0.4, -0.2) is 46.7 Å². The van der Waals surface area contributed by atoms with Crippen molar-refractivity contribution in [3.05, 3.63) is 58.1 Å². The predicted octanol–water partition coefficient (Wildman–Crippen LogP) is 2.95. The van der Waals surface area contributed by atoms with Gasteiger partial charge in [0.1, 0.15) is 4.90 Å². The first-order valence-electron chi connectivity index (χ1n) is 9.21. The number of rotatable bonds is 7. The Morgan fingerprint density at radius 1 is 1.20 bits per heavy atom. The second-order valence-electron chi connectivity index (χ2n) is 6.63. The minimum Gasteiger partial charge on any atom is -0.465 e. The summed E-state index contributed by atoms with van der Waals surface area (Å²) in [6.07, 6.45) is 1.78. The van der Waals surface area contributed by atoms with Crippen molar-refractivity contribution in [2.75, 3.05) is 25.0 Å². The molecule has 1 aliphatic rings. The molecule has 1 saturated heterocycles. The zero-order valence-corrected chi connectivity index (χ0v) is 18.6. The van der Waals surface area contributed by atoms with Gasteiger partial charge in [-0.25, -0.2) is 13.2 Å². The highest BCUT2D eigenvalue weighted by Gasteiger charge is 2.25. The molecular weight excluding hydrogens is 476 g/mol. The molecule has 3 rings (SSSR count). The molecule has 160 valence electrons. The van der Waals surface area contributed by atoms with Crippen molar-refractivity contribution >= 4 is 43.5 Å². The van der Waals surface area contributed by atoms with Crippen LogP contribution >= 0.6 is 15.9 Å². The van der Waals surface area contributed by atoms with Gasteiger partial charge in [0, 0.05) is 17.6 Å². The maximum atomic E-state index is 13.0. The predicted molar refractivity (Wildman–Crippen MR) is 114 cm³/mol. The lowest BCUT2D eigenvalue weighted by molar-refractivity contribution is 0.0596. The molecule has 30 heavy (non-hydrogen) atoms. The topological polar surface area (TPSA) is 111 Å². The van der Waals surface area contributed by atoms with E-state index in [9.17, 15) is 18.0 Å². The van der Waals surface area contributed by atoms with E-state index in [1.807, 2.05) is 0 Å². The van der Waals surface area contributed by atoms with Crippen LogP contribution in [0.3, 0.4) is 0 Å². The van der Waals surface area contributed by atoms with Crippen LogP contribution in [0.2, 0.25) is 0 Å². The molecule has 1 atom stereocenters. The van der Waals surface area contributed by atoms with E-state index in [0.717, 1.165) is 12.8 Å². The molecule has 1 aliphatic heterocycles. The number of amides is 1. The summed E-state index contributed by atoms with van der Waals surface area (Å²) < 4.78 is 39.1. The van der Waals surface area contributed by atoms with Crippen LogP contribution in [0.4, 0.5) is 5.69 Å². The van der Waals surface area contributed by atoms with Gasteiger partial charge in [0.25, 0.3) is 15.9 Å². The molecule has 0 saturated carbocycles. The lowest BCUT2D eigenvalue weighted by atomic mass is 10.1. The highest BCUT2D eigenvalue weighted by Crippen LogP contribution is 2.25. The van der Waals surface area contributed by atoms with Crippen molar-refractivity contribution < 1.29 is 27.5 Å². The van der Waals surface area contributed by atoms with Gasteiger partial charge in [0.05, 0.1) is 30.0 Å². The van der Waals surface area contributed by atoms with Crippen LogP contribution < -0.4 is 10.0 Å². The zero-order valence-electron chi connectivity index (χ0n) is 16.2. The third kappa shape index (κ3) is 5.18. The number of benzene rings is 2. The number of sulfonamides is 1. The molecule has 2 N–H and O–H groups in total. The van der Waals surface area contributed by atoms with Gasteiger partial charge in [-0.05, 0) is 43.2 Å². The number of carbonyl (C=O) groups excluding carboxylic acids is 2. The van der Waals surface area contributed by atoms with Gasteiger partial charge in [-0.3, -0.25) is 9.52 Å². The van der Waals surface area contributed by atoms with Crippen LogP contribution in [0, 0.1) is 0 Å². The summed E-state index contributed by atoms with van der Waals surface area (Å²) in [7, 11) is -3.01. The fourth-order valence-electron chi connectivity index (χ4n) is 3.08. The number of anilines is 1. The Balaban J connectivity index is 1.86. The molecule has 0 aliphatic carbocycles. The number of halogens is 1. The summed E-state index contributed by atoms with van der Waals surface area (Å²) in [4.78, 5) is 24.4. The Morgan fingerprint density at radius 2 is 1.97 bits per heavy atom. The Kier molecular flexibility index (Phi) is 7.11. The van der Waals surface area contributed by atoms with Gasteiger partial charge in [-0.15, -0.1) is 0 Å². The zero-order chi connectivity index (χ0) is 21.7. The lowest BCUT2D eigenvalue weighted by Gasteiger charge is -2.15. The Labute approximate surface area is 183 Å². The summed E-state index contributed by atoms with van der Waals surface area (Å²) in [6.45, 7) is 1.02. The molecule has 10 heteroatoms. The van der Waals surface area contributed by atoms with Crippen molar-refractivity contribution in [3.63, 3.8) is 0 Å². The smallest absolute Gasteiger partial charge is 0.339 e. The van der Waals surface area contributed by atoms with Crippen molar-refractivity contribution in [1.82, 2.24) is 5.32 Å². The minimum absolute atomic E-state index is 0.0387. The Morgan fingerprint density at radius 3 is 2.67 bits per heavy atom. The number of nitrogens with one attached hydrogen (secondary N) is 2. The molecule has 0 spiro atoms. The number of carbonyl (C=O) groups is 2. The van der Waals surface area contributed by atoms with Gasteiger partial charge in [-0.1, -0.05) is 28.1 Å². The minimum atomic E-state index is -4.18. The van der Waals surface area contributed by atoms with Crippen LogP contribution in [-0.2, 0) is 19.5 Å². The van der Waals surface area contributed by atoms with Crippen LogP contribution in [0.15, 0.2) is 51.8 Å². The van der Waals surface area contributed by atoms with E-state index in [4.69, 9.17) is 9.47 Å². The normalized spacial score (nSPS) is 16.1. The largest absolute Gasteiger partial charge is 0.465 e. The van der Waals surface area contributed by atoms with E-state index in [1.54, 1.807) is 12.1 Å². The molecule has 8 nitrogen and oxygen atoms in total. The summed E-state index contributed by atoms with van der Waals surface area (Å²) in [5.74, 6) is -1.22. The van der Waals surface area contributed by atoms with E-state index in [2.05, 4.69) is 26.0 Å². The average Bonchev–Trinajstić information content (AvgIpc) is 3.25. The Bertz CT molecular complexity index is 1050. The van der Waals surface area contributed by atoms with E-state index in [1.165, 1.54) is 37.4 Å². The molecule has 1 unspecified atom stereocenters. The number of hydrogen-bond donors (Lipinski definition) is 2. The van der Waals surface area contributed by atoms with Gasteiger partial charge in [0.15, 0.2) is 0 Å². The van der Waals surface area contributed by atoms with Crippen molar-refractivity contribution in [2.45, 2.75) is 23.8 Å². The first-order chi connectivity index (χ1) is 14.3. The van der Waals surface area contributed by atoms with Crippen LogP contribution in [0.5, 0.6) is 0 Å². The maximum absolute atomic E-state index is 13.0. The number of esters is 1. The molecule has 2 aromatic carbocycles. The van der Waals surface area contributed by atoms with Gasteiger partial charge in [-0.2, -0.15) is 0 Å². The highest BCUT2D eigenvalue weighted by atomic mass is 79.9. The van der Waals surface area contributed by atoms with E-state index in [0.29, 0.717) is 17.6 Å². The summed E-state index contributed by atoms with van der Waals surface area (Å²) >= 11 is 3.22. The molecule has 0 bridgehead atoms.